The summed E-state index contributed by atoms with van der Waals surface area (Å²) in [6.45, 7) is 19.0. The molecule has 5 aliphatic carbocycles. The SMILES string of the molecule is C=C1C=C2C[C@]3(C)CCC4[C@@](C)(CO)CCC[C@]4(C)C3C[C@@H](O)[C@@H]2[C@@]2(C)CC[C@@H](O)C(C)(C)[C@H]12. The van der Waals surface area contributed by atoms with Gasteiger partial charge in [0.15, 0.2) is 0 Å². The van der Waals surface area contributed by atoms with Gasteiger partial charge in [0.25, 0.3) is 0 Å². The second-order valence-electron chi connectivity index (χ2n) is 15.0. The topological polar surface area (TPSA) is 60.7 Å². The summed E-state index contributed by atoms with van der Waals surface area (Å²) in [5.74, 6) is 1.33. The molecule has 5 rings (SSSR count). The van der Waals surface area contributed by atoms with Crippen molar-refractivity contribution in [1.29, 1.82) is 0 Å². The van der Waals surface area contributed by atoms with Gasteiger partial charge in [-0.1, -0.05) is 71.8 Å². The van der Waals surface area contributed by atoms with Crippen LogP contribution in [0, 0.1) is 50.7 Å². The van der Waals surface area contributed by atoms with E-state index in [1.54, 1.807) is 0 Å². The summed E-state index contributed by atoms with van der Waals surface area (Å²) in [6, 6.07) is 0. The normalized spacial score (nSPS) is 54.6. The van der Waals surface area contributed by atoms with Crippen LogP contribution in [-0.2, 0) is 0 Å². The lowest BCUT2D eigenvalue weighted by molar-refractivity contribution is -0.156. The molecule has 0 aliphatic heterocycles. The van der Waals surface area contributed by atoms with Gasteiger partial charge in [-0.2, -0.15) is 0 Å². The van der Waals surface area contributed by atoms with Crippen molar-refractivity contribution in [3.05, 3.63) is 23.8 Å². The van der Waals surface area contributed by atoms with Gasteiger partial charge in [0, 0.05) is 12.5 Å². The molecule has 0 spiro atoms. The van der Waals surface area contributed by atoms with E-state index in [1.165, 1.54) is 31.3 Å². The first kappa shape index (κ1) is 25.0. The van der Waals surface area contributed by atoms with Crippen LogP contribution < -0.4 is 0 Å². The summed E-state index contributed by atoms with van der Waals surface area (Å²) in [6.07, 6.45) is 11.2. The fourth-order valence-corrected chi connectivity index (χ4v) is 11.3. The Morgan fingerprint density at radius 3 is 2.29 bits per heavy atom. The smallest absolute Gasteiger partial charge is 0.0614 e. The highest BCUT2D eigenvalue weighted by Gasteiger charge is 2.64. The molecule has 0 amide bonds. The summed E-state index contributed by atoms with van der Waals surface area (Å²) in [5.41, 5.74) is 2.63. The quantitative estimate of drug-likeness (QED) is 0.423. The third kappa shape index (κ3) is 3.18. The van der Waals surface area contributed by atoms with Crippen molar-refractivity contribution in [1.82, 2.24) is 0 Å². The van der Waals surface area contributed by atoms with E-state index in [0.717, 1.165) is 37.7 Å². The molecule has 34 heavy (non-hydrogen) atoms. The van der Waals surface area contributed by atoms with E-state index in [-0.39, 0.29) is 57.7 Å². The van der Waals surface area contributed by atoms with Gasteiger partial charge in [0.05, 0.1) is 12.2 Å². The molecule has 0 aromatic carbocycles. The number of hydrogen-bond acceptors (Lipinski definition) is 3. The number of aliphatic hydroxyl groups is 3. The molecule has 4 fully saturated rings. The van der Waals surface area contributed by atoms with Crippen LogP contribution >= 0.6 is 0 Å². The zero-order chi connectivity index (χ0) is 24.9. The fraction of sp³-hybridized carbons (Fsp3) is 0.871. The summed E-state index contributed by atoms with van der Waals surface area (Å²) in [7, 11) is 0. The minimum Gasteiger partial charge on any atom is -0.396 e. The van der Waals surface area contributed by atoms with Gasteiger partial charge in [-0.3, -0.25) is 0 Å². The average molecular weight is 471 g/mol. The van der Waals surface area contributed by atoms with Gasteiger partial charge >= 0.3 is 0 Å². The minimum atomic E-state index is -0.359. The standard InChI is InChI=1S/C31H50O3/c1-19-15-20-17-28(4)13-9-22-29(5,18-32)11-8-12-30(22,6)23(28)16-21(33)25(20)31(7)14-10-24(34)27(2,3)26(19)31/h15,21-26,32-34H,1,8-14,16-18H2,2-7H3/t21-,22?,23?,24-,25-,26+,28+,29-,30+,31-/m1/s1. The molecule has 5 aliphatic rings. The molecule has 0 bridgehead atoms. The van der Waals surface area contributed by atoms with Gasteiger partial charge in [-0.15, -0.1) is 0 Å². The van der Waals surface area contributed by atoms with Crippen LogP contribution in [0.25, 0.3) is 0 Å². The van der Waals surface area contributed by atoms with Gasteiger partial charge in [0.2, 0.25) is 0 Å². The van der Waals surface area contributed by atoms with Crippen LogP contribution in [0.5, 0.6) is 0 Å². The highest BCUT2D eigenvalue weighted by Crippen LogP contribution is 2.70. The minimum absolute atomic E-state index is 0.00646. The van der Waals surface area contributed by atoms with Crippen molar-refractivity contribution in [3.8, 4) is 0 Å². The lowest BCUT2D eigenvalue weighted by atomic mass is 9.42. The van der Waals surface area contributed by atoms with Crippen LogP contribution in [0.3, 0.4) is 0 Å². The third-order valence-electron chi connectivity index (χ3n) is 12.6. The Hall–Kier alpha value is -0.640. The molecule has 3 heteroatoms. The summed E-state index contributed by atoms with van der Waals surface area (Å²) in [4.78, 5) is 0. The average Bonchev–Trinajstić information content (AvgIpc) is 2.85. The van der Waals surface area contributed by atoms with Crippen molar-refractivity contribution < 1.29 is 15.3 Å². The van der Waals surface area contributed by atoms with E-state index in [1.807, 2.05) is 0 Å². The Labute approximate surface area is 208 Å². The number of aliphatic hydroxyl groups excluding tert-OH is 3. The van der Waals surface area contributed by atoms with E-state index < -0.39 is 0 Å². The van der Waals surface area contributed by atoms with Crippen molar-refractivity contribution in [2.45, 2.75) is 112 Å². The molecule has 0 aromatic rings. The highest BCUT2D eigenvalue weighted by atomic mass is 16.3. The monoisotopic (exact) mass is 470 g/mol. The van der Waals surface area contributed by atoms with Crippen LogP contribution in [-0.4, -0.2) is 34.1 Å². The van der Waals surface area contributed by atoms with E-state index >= 15 is 0 Å². The highest BCUT2D eigenvalue weighted by molar-refractivity contribution is 5.38. The molecular weight excluding hydrogens is 420 g/mol. The first-order chi connectivity index (χ1) is 15.7. The van der Waals surface area contributed by atoms with Crippen molar-refractivity contribution >= 4 is 0 Å². The third-order valence-corrected chi connectivity index (χ3v) is 12.6. The maximum Gasteiger partial charge on any atom is 0.0614 e. The van der Waals surface area contributed by atoms with E-state index in [0.29, 0.717) is 11.8 Å². The Bertz CT molecular complexity index is 889. The first-order valence-corrected chi connectivity index (χ1v) is 14.1. The van der Waals surface area contributed by atoms with E-state index in [2.05, 4.69) is 54.2 Å². The van der Waals surface area contributed by atoms with Crippen LogP contribution in [0.2, 0.25) is 0 Å². The molecular formula is C31H50O3. The van der Waals surface area contributed by atoms with Gasteiger partial charge < -0.3 is 15.3 Å². The van der Waals surface area contributed by atoms with Crippen molar-refractivity contribution in [3.63, 3.8) is 0 Å². The lowest BCUT2D eigenvalue weighted by Gasteiger charge is -2.63. The molecule has 192 valence electrons. The largest absolute Gasteiger partial charge is 0.396 e. The Balaban J connectivity index is 1.58. The maximum absolute atomic E-state index is 12.1. The molecule has 4 saturated carbocycles. The summed E-state index contributed by atoms with van der Waals surface area (Å²) < 4.78 is 0. The molecule has 10 atom stereocenters. The molecule has 3 N–H and O–H groups in total. The summed E-state index contributed by atoms with van der Waals surface area (Å²) >= 11 is 0. The van der Waals surface area contributed by atoms with Crippen LogP contribution in [0.4, 0.5) is 0 Å². The van der Waals surface area contributed by atoms with Gasteiger partial charge in [-0.25, -0.2) is 0 Å². The number of hydrogen-bond donors (Lipinski definition) is 3. The predicted octanol–water partition coefficient (Wildman–Crippen LogP) is 6.28. The molecule has 0 aromatic heterocycles. The first-order valence-electron chi connectivity index (χ1n) is 14.1. The molecule has 3 nitrogen and oxygen atoms in total. The maximum atomic E-state index is 12.1. The fourth-order valence-electron chi connectivity index (χ4n) is 11.3. The second-order valence-corrected chi connectivity index (χ2v) is 15.0. The zero-order valence-corrected chi connectivity index (χ0v) is 22.7. The predicted molar refractivity (Wildman–Crippen MR) is 138 cm³/mol. The Morgan fingerprint density at radius 1 is 0.912 bits per heavy atom. The van der Waals surface area contributed by atoms with E-state index in [4.69, 9.17) is 0 Å². The lowest BCUT2D eigenvalue weighted by Crippen LogP contribution is -2.57. The number of fused-ring (bicyclic) bond motifs is 6. The molecule has 2 unspecified atom stereocenters. The zero-order valence-electron chi connectivity index (χ0n) is 22.7. The number of allylic oxidation sites excluding steroid dienone is 2. The second kappa shape index (κ2) is 7.68. The molecule has 0 saturated heterocycles. The van der Waals surface area contributed by atoms with Crippen molar-refractivity contribution in [2.75, 3.05) is 6.61 Å². The summed E-state index contributed by atoms with van der Waals surface area (Å²) in [5, 5.41) is 33.4. The van der Waals surface area contributed by atoms with E-state index in [9.17, 15) is 15.3 Å². The van der Waals surface area contributed by atoms with Crippen LogP contribution in [0.15, 0.2) is 23.8 Å². The van der Waals surface area contributed by atoms with Crippen LogP contribution in [0.1, 0.15) is 99.3 Å². The molecule has 0 radical (unpaired) electrons. The van der Waals surface area contributed by atoms with Gasteiger partial charge in [0.1, 0.15) is 0 Å². The number of rotatable bonds is 1. The molecule has 0 heterocycles. The Morgan fingerprint density at radius 2 is 1.62 bits per heavy atom. The van der Waals surface area contributed by atoms with Crippen molar-refractivity contribution in [2.24, 2.45) is 50.7 Å². The van der Waals surface area contributed by atoms with Gasteiger partial charge in [-0.05, 0) is 96.2 Å². The Kier molecular flexibility index (Phi) is 5.66.